The van der Waals surface area contributed by atoms with Gasteiger partial charge in [0.2, 0.25) is 0 Å². The van der Waals surface area contributed by atoms with Crippen molar-refractivity contribution in [3.63, 3.8) is 0 Å². The molecule has 440 valence electrons. The summed E-state index contributed by atoms with van der Waals surface area (Å²) >= 11 is 0. The number of benzene rings is 8. The van der Waals surface area contributed by atoms with Crippen molar-refractivity contribution < 1.29 is 4.39 Å². The Labute approximate surface area is 515 Å². The van der Waals surface area contributed by atoms with Crippen molar-refractivity contribution in [2.75, 3.05) is 19.6 Å². The van der Waals surface area contributed by atoms with Gasteiger partial charge < -0.3 is 19.6 Å². The SMILES string of the molecule is CC(C)(C)c1ccc(N2c3cc(N4c5ccc(-c6cccc(F)c6)cc5C5(C)CCCCC45C)ccc3B3c4ccc(C(C)(C)C)cc4N(c4cccc(C(C)(C)C)c4)c4cc(N5c6ccc(C(C)(C)C)cc6C6(C)CCCCC56C)cc2c43)cc1. The second-order valence-corrected chi connectivity index (χ2v) is 31.9. The van der Waals surface area contributed by atoms with Crippen molar-refractivity contribution in [1.29, 1.82) is 0 Å². The van der Waals surface area contributed by atoms with E-state index in [0.717, 1.165) is 42.5 Å². The van der Waals surface area contributed by atoms with Crippen molar-refractivity contribution in [2.24, 2.45) is 0 Å². The Balaban J connectivity index is 1.08. The summed E-state index contributed by atoms with van der Waals surface area (Å²) in [6.45, 7) is 38.4. The molecule has 6 aliphatic rings. The topological polar surface area (TPSA) is 13.0 Å². The largest absolute Gasteiger partial charge is 0.334 e. The maximum absolute atomic E-state index is 14.9. The van der Waals surface area contributed by atoms with E-state index in [4.69, 9.17) is 0 Å². The van der Waals surface area contributed by atoms with E-state index in [1.54, 1.807) is 12.1 Å². The summed E-state index contributed by atoms with van der Waals surface area (Å²) in [6, 6.07) is 61.0. The van der Waals surface area contributed by atoms with Gasteiger partial charge in [0.15, 0.2) is 0 Å². The molecule has 8 aromatic rings. The monoisotopic (exact) mass is 1140 g/mol. The average molecular weight is 1140 g/mol. The second kappa shape index (κ2) is 19.0. The summed E-state index contributed by atoms with van der Waals surface area (Å²) < 4.78 is 14.9. The van der Waals surface area contributed by atoms with Gasteiger partial charge in [-0.3, -0.25) is 0 Å². The molecule has 0 saturated heterocycles. The van der Waals surface area contributed by atoms with Gasteiger partial charge in [-0.05, 0) is 207 Å². The average Bonchev–Trinajstić information content (AvgIpc) is 1.31. The molecule has 0 bridgehead atoms. The van der Waals surface area contributed by atoms with Crippen LogP contribution in [0.4, 0.5) is 61.3 Å². The number of rotatable bonds is 5. The minimum Gasteiger partial charge on any atom is -0.334 e. The van der Waals surface area contributed by atoms with Gasteiger partial charge in [0.05, 0.1) is 11.1 Å². The zero-order chi connectivity index (χ0) is 60.6. The van der Waals surface area contributed by atoms with Crippen LogP contribution in [-0.2, 0) is 32.5 Å². The summed E-state index contributed by atoms with van der Waals surface area (Å²) in [6.07, 6.45) is 9.20. The van der Waals surface area contributed by atoms with E-state index in [9.17, 15) is 4.39 Å². The molecule has 0 N–H and O–H groups in total. The Morgan fingerprint density at radius 1 is 0.360 bits per heavy atom. The number of halogens is 1. The summed E-state index contributed by atoms with van der Waals surface area (Å²) in [5, 5.41) is 0. The number of hydrogen-bond acceptors (Lipinski definition) is 4. The van der Waals surface area contributed by atoms with Crippen LogP contribution in [-0.4, -0.2) is 17.8 Å². The Kier molecular flexibility index (Phi) is 12.5. The highest BCUT2D eigenvalue weighted by atomic mass is 19.1. The van der Waals surface area contributed by atoms with Gasteiger partial charge >= 0.3 is 0 Å². The molecule has 4 nitrogen and oxygen atoms in total. The first-order valence-corrected chi connectivity index (χ1v) is 32.5. The fraction of sp³-hybridized carbons (Fsp3) is 0.400. The number of nitrogens with zero attached hydrogens (tertiary/aromatic N) is 4. The molecule has 0 amide bonds. The van der Waals surface area contributed by atoms with Crippen LogP contribution in [0.5, 0.6) is 0 Å². The maximum atomic E-state index is 14.9. The van der Waals surface area contributed by atoms with Crippen molar-refractivity contribution >= 4 is 80.0 Å². The zero-order valence-corrected chi connectivity index (χ0v) is 54.4. The Hall–Kier alpha value is -7.05. The Morgan fingerprint density at radius 2 is 0.814 bits per heavy atom. The first-order valence-electron chi connectivity index (χ1n) is 32.5. The predicted octanol–water partition coefficient (Wildman–Crippen LogP) is 20.2. The molecular formula is C80H90BFN4. The van der Waals surface area contributed by atoms with E-state index in [2.05, 4.69) is 270 Å². The van der Waals surface area contributed by atoms with Crippen LogP contribution in [0, 0.1) is 5.82 Å². The molecule has 2 saturated carbocycles. The molecule has 8 aromatic carbocycles. The van der Waals surface area contributed by atoms with Crippen LogP contribution >= 0.6 is 0 Å². The van der Waals surface area contributed by atoms with Gasteiger partial charge in [0, 0.05) is 67.7 Å². The molecule has 2 fully saturated rings. The fourth-order valence-electron chi connectivity index (χ4n) is 17.1. The minimum atomic E-state index is -0.213. The molecule has 0 radical (unpaired) electrons. The highest BCUT2D eigenvalue weighted by Gasteiger charge is 2.60. The molecule has 4 heterocycles. The van der Waals surface area contributed by atoms with E-state index in [-0.39, 0.29) is 56.1 Å². The lowest BCUT2D eigenvalue weighted by molar-refractivity contribution is 0.195. The number of fused-ring (bicyclic) bond motifs is 10. The third-order valence-electron chi connectivity index (χ3n) is 22.6. The summed E-state index contributed by atoms with van der Waals surface area (Å²) in [7, 11) is 0. The molecule has 0 spiro atoms. The van der Waals surface area contributed by atoms with Gasteiger partial charge in [-0.15, -0.1) is 0 Å². The van der Waals surface area contributed by atoms with Crippen molar-refractivity contribution in [3.05, 3.63) is 197 Å². The summed E-state index contributed by atoms with van der Waals surface area (Å²) in [5.74, 6) is -0.204. The van der Waals surface area contributed by atoms with Crippen molar-refractivity contribution in [2.45, 2.75) is 206 Å². The fourth-order valence-corrected chi connectivity index (χ4v) is 17.1. The van der Waals surface area contributed by atoms with Gasteiger partial charge in [0.1, 0.15) is 5.82 Å². The zero-order valence-electron chi connectivity index (χ0n) is 54.4. The minimum absolute atomic E-state index is 0.0154. The van der Waals surface area contributed by atoms with Crippen LogP contribution in [0.1, 0.15) is 196 Å². The normalized spacial score (nSPS) is 23.1. The first kappa shape index (κ1) is 56.7. The molecule has 4 aliphatic heterocycles. The highest BCUT2D eigenvalue weighted by Crippen LogP contribution is 2.64. The predicted molar refractivity (Wildman–Crippen MR) is 366 cm³/mol. The van der Waals surface area contributed by atoms with Crippen LogP contribution in [0.2, 0.25) is 0 Å². The van der Waals surface area contributed by atoms with Crippen LogP contribution in [0.3, 0.4) is 0 Å². The first-order chi connectivity index (χ1) is 40.5. The van der Waals surface area contributed by atoms with Gasteiger partial charge in [-0.1, -0.05) is 195 Å². The maximum Gasteiger partial charge on any atom is 0.252 e. The molecule has 6 heteroatoms. The van der Waals surface area contributed by atoms with Gasteiger partial charge in [-0.2, -0.15) is 0 Å². The van der Waals surface area contributed by atoms with Crippen LogP contribution in [0.25, 0.3) is 11.1 Å². The molecule has 14 rings (SSSR count). The molecule has 0 aromatic heterocycles. The van der Waals surface area contributed by atoms with E-state index < -0.39 is 0 Å². The lowest BCUT2D eigenvalue weighted by Gasteiger charge is -2.51. The van der Waals surface area contributed by atoms with E-state index in [1.165, 1.54) is 127 Å². The summed E-state index contributed by atoms with van der Waals surface area (Å²) in [4.78, 5) is 10.9. The lowest BCUT2D eigenvalue weighted by Crippen LogP contribution is -2.61. The Bertz CT molecular complexity index is 4070. The Morgan fingerprint density at radius 3 is 1.42 bits per heavy atom. The number of anilines is 10. The number of hydrogen-bond donors (Lipinski definition) is 0. The molecule has 4 atom stereocenters. The molecular weight excluding hydrogens is 1050 g/mol. The van der Waals surface area contributed by atoms with E-state index in [0.29, 0.717) is 0 Å². The summed E-state index contributed by atoms with van der Waals surface area (Å²) in [5.41, 5.74) is 25.8. The smallest absolute Gasteiger partial charge is 0.252 e. The second-order valence-electron chi connectivity index (χ2n) is 31.9. The molecule has 2 aliphatic carbocycles. The van der Waals surface area contributed by atoms with Gasteiger partial charge in [0.25, 0.3) is 6.71 Å². The standard InChI is InChI=1S/C80H90BFN4/c1-73(2,3)53-28-32-58(33-29-53)83-69-48-60(85-66-37-27-52(51-23-21-25-57(82)43-51)44-62(66)77(13)39-17-19-41-79(77,85)15)34-36-65(69)81-64-35-30-56(76(10,11)12)47-68(64)84(59-26-22-24-54(45-59)74(4,5)6)71-50-61(49-70(83)72(71)81)86-67-38-31-55(75(7,8)9)46-63(67)78(14)40-18-20-42-80(78,86)16/h21-38,43-50H,17-20,39-42H2,1-16H3. The van der Waals surface area contributed by atoms with Crippen molar-refractivity contribution in [3.8, 4) is 11.1 Å². The molecule has 4 unspecified atom stereocenters. The van der Waals surface area contributed by atoms with E-state index in [1.807, 2.05) is 6.07 Å². The van der Waals surface area contributed by atoms with Crippen molar-refractivity contribution in [1.82, 2.24) is 0 Å². The molecule has 86 heavy (non-hydrogen) atoms. The van der Waals surface area contributed by atoms with E-state index >= 15 is 0 Å². The third-order valence-corrected chi connectivity index (χ3v) is 22.6. The third kappa shape index (κ3) is 8.32. The van der Waals surface area contributed by atoms with Gasteiger partial charge in [-0.25, -0.2) is 4.39 Å². The van der Waals surface area contributed by atoms with Crippen LogP contribution < -0.4 is 36.0 Å². The quantitative estimate of drug-likeness (QED) is 0.159. The van der Waals surface area contributed by atoms with Crippen LogP contribution in [0.15, 0.2) is 158 Å². The highest BCUT2D eigenvalue weighted by molar-refractivity contribution is 7.00. The lowest BCUT2D eigenvalue weighted by atomic mass is 9.33.